The number of hydrogen-bond donors (Lipinski definition) is 3. The lowest BCUT2D eigenvalue weighted by molar-refractivity contribution is -0.137. The largest absolute Gasteiger partial charge is 0.474 e. The van der Waals surface area contributed by atoms with E-state index >= 15 is 0 Å². The normalized spacial score (nSPS) is 18.4. The molecule has 2 heterocycles. The molecule has 188 valence electrons. The lowest BCUT2D eigenvalue weighted by Crippen LogP contribution is -2.56. The highest BCUT2D eigenvalue weighted by atomic mass is 19.4. The zero-order valence-electron chi connectivity index (χ0n) is 19.4. The van der Waals surface area contributed by atoms with Gasteiger partial charge in [0.25, 0.3) is 0 Å². The number of nitrogens with one attached hydrogen (secondary N) is 1. The molecule has 0 radical (unpaired) electrons. The number of anilines is 1. The number of pyridine rings is 1. The van der Waals surface area contributed by atoms with Crippen LogP contribution in [0.4, 0.5) is 27.6 Å². The van der Waals surface area contributed by atoms with E-state index in [9.17, 15) is 26.7 Å². The highest BCUT2D eigenvalue weighted by Crippen LogP contribution is 2.42. The fourth-order valence-corrected chi connectivity index (χ4v) is 3.88. The Labute approximate surface area is 194 Å². The number of halogens is 5. The maximum atomic E-state index is 14.8. The predicted molar refractivity (Wildman–Crippen MR) is 120 cm³/mol. The first-order valence-electron chi connectivity index (χ1n) is 10.7. The van der Waals surface area contributed by atoms with Crippen molar-refractivity contribution in [2.75, 3.05) is 19.3 Å². The Morgan fingerprint density at radius 3 is 2.38 bits per heavy atom. The van der Waals surface area contributed by atoms with Crippen molar-refractivity contribution >= 4 is 12.0 Å². The van der Waals surface area contributed by atoms with E-state index in [1.54, 1.807) is 0 Å². The van der Waals surface area contributed by atoms with E-state index in [1.165, 1.54) is 7.05 Å². The van der Waals surface area contributed by atoms with Crippen LogP contribution >= 0.6 is 0 Å². The molecule has 6 nitrogen and oxygen atoms in total. The molecule has 0 amide bonds. The molecule has 1 aromatic heterocycles. The molecular formula is C23H29F5N4O2. The lowest BCUT2D eigenvalue weighted by Gasteiger charge is -2.42. The molecule has 0 bridgehead atoms. The van der Waals surface area contributed by atoms with Crippen LogP contribution in [0.2, 0.25) is 0 Å². The van der Waals surface area contributed by atoms with Crippen LogP contribution in [0.5, 0.6) is 5.88 Å². The van der Waals surface area contributed by atoms with Crippen LogP contribution in [0.3, 0.4) is 0 Å². The number of nitrogens with two attached hydrogens (primary N) is 2. The third-order valence-corrected chi connectivity index (χ3v) is 5.80. The Balaban J connectivity index is 0.00000199. The molecule has 0 aliphatic carbocycles. The minimum absolute atomic E-state index is 0.170. The molecule has 1 aliphatic heterocycles. The summed E-state index contributed by atoms with van der Waals surface area (Å²) in [4.78, 5) is 15.4. The minimum atomic E-state index is -5.00. The molecule has 1 saturated heterocycles. The van der Waals surface area contributed by atoms with Gasteiger partial charge in [-0.25, -0.2) is 13.8 Å². The molecule has 0 spiro atoms. The van der Waals surface area contributed by atoms with Gasteiger partial charge in [0.15, 0.2) is 6.29 Å². The number of aromatic nitrogens is 1. The summed E-state index contributed by atoms with van der Waals surface area (Å²) in [7, 11) is 1.50. The van der Waals surface area contributed by atoms with Crippen LogP contribution in [-0.2, 0) is 6.18 Å². The van der Waals surface area contributed by atoms with Gasteiger partial charge in [0.1, 0.15) is 23.4 Å². The molecule has 2 atom stereocenters. The average molecular weight is 489 g/mol. The average Bonchev–Trinajstić information content (AvgIpc) is 2.76. The van der Waals surface area contributed by atoms with Crippen molar-refractivity contribution in [3.8, 4) is 17.1 Å². The number of nitrogens with zero attached hydrogens (tertiary/aromatic N) is 1. The van der Waals surface area contributed by atoms with Gasteiger partial charge in [-0.15, -0.1) is 0 Å². The number of carbonyl (C=O) groups is 1. The molecule has 0 saturated carbocycles. The minimum Gasteiger partial charge on any atom is -0.474 e. The standard InChI is InChI=1S/C22H24F5N3O2.CH5N/c1-4-13(9-21(3)5-6-29-21)32-20-12(10-31)7-15(23)19(30-20)14-8-16(28)18(24)11(2)17(14)22(25,26)27;1-2/h7-8,10,13,29H,4-6,9,28H2,1-3H3;2H2,1H3. The molecule has 5 N–H and O–H groups in total. The number of carbonyl (C=O) groups excluding carboxylic acids is 1. The van der Waals surface area contributed by atoms with Gasteiger partial charge in [0, 0.05) is 17.5 Å². The van der Waals surface area contributed by atoms with Crippen LogP contribution < -0.4 is 21.5 Å². The zero-order valence-corrected chi connectivity index (χ0v) is 19.4. The van der Waals surface area contributed by atoms with Gasteiger partial charge in [-0.2, -0.15) is 13.2 Å². The van der Waals surface area contributed by atoms with Crippen molar-refractivity contribution < 1.29 is 31.5 Å². The van der Waals surface area contributed by atoms with E-state index in [0.29, 0.717) is 25.2 Å². The first kappa shape index (κ1) is 27.5. The van der Waals surface area contributed by atoms with Crippen molar-refractivity contribution in [1.82, 2.24) is 10.3 Å². The molecule has 1 aromatic carbocycles. The van der Waals surface area contributed by atoms with Crippen molar-refractivity contribution in [2.24, 2.45) is 5.73 Å². The number of benzene rings is 1. The zero-order chi connectivity index (χ0) is 25.8. The van der Waals surface area contributed by atoms with E-state index in [2.05, 4.69) is 16.0 Å². The number of alkyl halides is 3. The van der Waals surface area contributed by atoms with Crippen molar-refractivity contribution in [2.45, 2.75) is 57.9 Å². The molecule has 3 rings (SSSR count). The summed E-state index contributed by atoms with van der Waals surface area (Å²) in [6.07, 6.45) is -3.09. The van der Waals surface area contributed by atoms with Gasteiger partial charge in [-0.05, 0) is 58.0 Å². The maximum Gasteiger partial charge on any atom is 0.417 e. The molecule has 11 heteroatoms. The molecule has 34 heavy (non-hydrogen) atoms. The summed E-state index contributed by atoms with van der Waals surface area (Å²) in [5.41, 5.74) is 5.42. The first-order valence-corrected chi connectivity index (χ1v) is 10.7. The van der Waals surface area contributed by atoms with Crippen molar-refractivity contribution in [1.29, 1.82) is 0 Å². The Kier molecular flexibility index (Phi) is 8.59. The Bertz CT molecular complexity index is 1040. The van der Waals surface area contributed by atoms with Gasteiger partial charge >= 0.3 is 6.18 Å². The predicted octanol–water partition coefficient (Wildman–Crippen LogP) is 4.62. The van der Waals surface area contributed by atoms with E-state index in [4.69, 9.17) is 10.5 Å². The molecule has 2 unspecified atom stereocenters. The van der Waals surface area contributed by atoms with Crippen LogP contribution in [0.25, 0.3) is 11.3 Å². The second-order valence-electron chi connectivity index (χ2n) is 8.25. The number of aldehydes is 1. The summed E-state index contributed by atoms with van der Waals surface area (Å²) >= 11 is 0. The van der Waals surface area contributed by atoms with Crippen LogP contribution in [0, 0.1) is 18.6 Å². The van der Waals surface area contributed by atoms with Gasteiger partial charge in [0.2, 0.25) is 5.88 Å². The van der Waals surface area contributed by atoms with Gasteiger partial charge in [-0.1, -0.05) is 6.92 Å². The number of hydrogen-bond acceptors (Lipinski definition) is 6. The van der Waals surface area contributed by atoms with E-state index in [0.717, 1.165) is 26.0 Å². The highest BCUT2D eigenvalue weighted by Gasteiger charge is 2.39. The maximum absolute atomic E-state index is 14.8. The van der Waals surface area contributed by atoms with Gasteiger partial charge < -0.3 is 21.5 Å². The topological polar surface area (TPSA) is 103 Å². The van der Waals surface area contributed by atoms with E-state index < -0.39 is 52.0 Å². The summed E-state index contributed by atoms with van der Waals surface area (Å²) in [6, 6.07) is 1.45. The second-order valence-corrected chi connectivity index (χ2v) is 8.25. The third kappa shape index (κ3) is 5.64. The quantitative estimate of drug-likeness (QED) is 0.299. The summed E-state index contributed by atoms with van der Waals surface area (Å²) < 4.78 is 75.9. The van der Waals surface area contributed by atoms with Gasteiger partial charge in [0.05, 0.1) is 16.8 Å². The van der Waals surface area contributed by atoms with E-state index in [-0.39, 0.29) is 17.0 Å². The number of rotatable bonds is 7. The van der Waals surface area contributed by atoms with Crippen LogP contribution in [0.1, 0.15) is 54.6 Å². The lowest BCUT2D eigenvalue weighted by atomic mass is 9.84. The number of ether oxygens (including phenoxy) is 1. The third-order valence-electron chi connectivity index (χ3n) is 5.80. The number of nitrogen functional groups attached to an aromatic ring is 1. The second kappa shape index (κ2) is 10.6. The van der Waals surface area contributed by atoms with Crippen molar-refractivity contribution in [3.63, 3.8) is 0 Å². The van der Waals surface area contributed by atoms with E-state index in [1.807, 2.05) is 13.8 Å². The fourth-order valence-electron chi connectivity index (χ4n) is 3.88. The smallest absolute Gasteiger partial charge is 0.417 e. The van der Waals surface area contributed by atoms with Crippen LogP contribution in [-0.4, -0.2) is 36.5 Å². The summed E-state index contributed by atoms with van der Waals surface area (Å²) in [5.74, 6) is -2.72. The Morgan fingerprint density at radius 2 is 1.91 bits per heavy atom. The molecule has 2 aromatic rings. The fraction of sp³-hybridized carbons (Fsp3) is 0.478. The molecule has 1 aliphatic rings. The first-order chi connectivity index (χ1) is 15.9. The molecular weight excluding hydrogens is 459 g/mol. The SMILES string of the molecule is CCC(CC1(C)CCN1)Oc1nc(-c2cc(N)c(F)c(C)c2C(F)(F)F)c(F)cc1C=O.CN. The van der Waals surface area contributed by atoms with Crippen LogP contribution in [0.15, 0.2) is 12.1 Å². The summed E-state index contributed by atoms with van der Waals surface area (Å²) in [5, 5.41) is 3.28. The Morgan fingerprint density at radius 1 is 1.29 bits per heavy atom. The Hall–Kier alpha value is -2.79. The monoisotopic (exact) mass is 488 g/mol. The molecule has 1 fully saturated rings. The van der Waals surface area contributed by atoms with Gasteiger partial charge in [-0.3, -0.25) is 4.79 Å². The highest BCUT2D eigenvalue weighted by molar-refractivity contribution is 5.81. The van der Waals surface area contributed by atoms with Crippen molar-refractivity contribution in [3.05, 3.63) is 40.5 Å². The summed E-state index contributed by atoms with van der Waals surface area (Å²) in [6.45, 7) is 5.62.